The van der Waals surface area contributed by atoms with E-state index in [-0.39, 0.29) is 24.2 Å². The summed E-state index contributed by atoms with van der Waals surface area (Å²) in [5.41, 5.74) is 3.90. The first kappa shape index (κ1) is 20.9. The van der Waals surface area contributed by atoms with E-state index in [1.807, 2.05) is 56.3 Å². The van der Waals surface area contributed by atoms with Crippen molar-refractivity contribution in [3.63, 3.8) is 0 Å². The van der Waals surface area contributed by atoms with Crippen LogP contribution < -0.4 is 15.0 Å². The molecule has 5 heteroatoms. The average Bonchev–Trinajstić information content (AvgIpc) is 3.10. The van der Waals surface area contributed by atoms with Crippen LogP contribution in [-0.4, -0.2) is 25.0 Å². The predicted octanol–water partition coefficient (Wildman–Crippen LogP) is 4.86. The summed E-state index contributed by atoms with van der Waals surface area (Å²) >= 11 is 0. The highest BCUT2D eigenvalue weighted by Gasteiger charge is 2.35. The second-order valence-corrected chi connectivity index (χ2v) is 7.74. The summed E-state index contributed by atoms with van der Waals surface area (Å²) in [4.78, 5) is 26.8. The molecule has 29 heavy (non-hydrogen) atoms. The van der Waals surface area contributed by atoms with Crippen LogP contribution in [0.2, 0.25) is 0 Å². The number of carbonyl (C=O) groups excluding carboxylic acids is 2. The van der Waals surface area contributed by atoms with E-state index >= 15 is 0 Å². The van der Waals surface area contributed by atoms with E-state index in [0.717, 1.165) is 29.8 Å². The lowest BCUT2D eigenvalue weighted by Crippen LogP contribution is -2.28. The molecular weight excluding hydrogens is 364 g/mol. The van der Waals surface area contributed by atoms with E-state index in [4.69, 9.17) is 4.74 Å². The first-order valence-electron chi connectivity index (χ1n) is 10.4. The topological polar surface area (TPSA) is 58.6 Å². The highest BCUT2D eigenvalue weighted by Crippen LogP contribution is 2.28. The molecule has 1 unspecified atom stereocenters. The van der Waals surface area contributed by atoms with Crippen molar-refractivity contribution >= 4 is 23.2 Å². The molecule has 1 atom stereocenters. The van der Waals surface area contributed by atoms with Crippen molar-refractivity contribution in [1.29, 1.82) is 0 Å². The molecule has 1 aliphatic heterocycles. The fraction of sp³-hybridized carbons (Fsp3) is 0.417. The van der Waals surface area contributed by atoms with Gasteiger partial charge in [0.15, 0.2) is 0 Å². The third kappa shape index (κ3) is 5.37. The molecule has 2 aromatic rings. The van der Waals surface area contributed by atoms with Gasteiger partial charge in [0.2, 0.25) is 11.8 Å². The summed E-state index contributed by atoms with van der Waals surface area (Å²) in [5.74, 6) is 0.315. The van der Waals surface area contributed by atoms with Crippen LogP contribution in [0.5, 0.6) is 5.75 Å². The molecule has 1 heterocycles. The monoisotopic (exact) mass is 394 g/mol. The van der Waals surface area contributed by atoms with Crippen molar-refractivity contribution in [3.8, 4) is 5.75 Å². The quantitative estimate of drug-likeness (QED) is 0.650. The van der Waals surface area contributed by atoms with Gasteiger partial charge in [-0.15, -0.1) is 0 Å². The van der Waals surface area contributed by atoms with Crippen molar-refractivity contribution in [3.05, 3.63) is 53.6 Å². The standard InChI is InChI=1S/C24H30N2O3/c1-4-5-6-13-29-22-11-8-20(9-12-22)25-24(28)19-15-23(27)26(16-19)21-10-7-17(2)18(3)14-21/h7-12,14,19H,4-6,13,15-16H2,1-3H3,(H,25,28). The fourth-order valence-electron chi connectivity index (χ4n) is 3.45. The molecule has 2 amide bonds. The number of nitrogens with one attached hydrogen (secondary N) is 1. The van der Waals surface area contributed by atoms with Crippen LogP contribution in [0.15, 0.2) is 42.5 Å². The predicted molar refractivity (Wildman–Crippen MR) is 116 cm³/mol. The Morgan fingerprint density at radius 3 is 2.55 bits per heavy atom. The molecule has 0 bridgehead atoms. The number of unbranched alkanes of at least 4 members (excludes halogenated alkanes) is 2. The van der Waals surface area contributed by atoms with Gasteiger partial charge in [0.25, 0.3) is 0 Å². The molecular formula is C24H30N2O3. The number of anilines is 2. The lowest BCUT2D eigenvalue weighted by atomic mass is 10.1. The number of amides is 2. The van der Waals surface area contributed by atoms with E-state index in [0.29, 0.717) is 18.8 Å². The molecule has 0 spiro atoms. The zero-order valence-corrected chi connectivity index (χ0v) is 17.5. The Hall–Kier alpha value is -2.82. The second kappa shape index (κ2) is 9.59. The SMILES string of the molecule is CCCCCOc1ccc(NC(=O)C2CC(=O)N(c3ccc(C)c(C)c3)C2)cc1. The molecule has 1 fully saturated rings. The number of rotatable bonds is 8. The molecule has 1 N–H and O–H groups in total. The highest BCUT2D eigenvalue weighted by molar-refractivity contribution is 6.03. The Morgan fingerprint density at radius 2 is 1.86 bits per heavy atom. The van der Waals surface area contributed by atoms with Gasteiger partial charge in [-0.2, -0.15) is 0 Å². The summed E-state index contributed by atoms with van der Waals surface area (Å²) in [5, 5.41) is 2.93. The van der Waals surface area contributed by atoms with Crippen LogP contribution in [0.1, 0.15) is 43.7 Å². The number of benzene rings is 2. The Balaban J connectivity index is 1.55. The minimum Gasteiger partial charge on any atom is -0.494 e. The molecule has 0 radical (unpaired) electrons. The van der Waals surface area contributed by atoms with Gasteiger partial charge in [-0.3, -0.25) is 9.59 Å². The zero-order valence-electron chi connectivity index (χ0n) is 17.5. The molecule has 0 aromatic heterocycles. The van der Waals surface area contributed by atoms with E-state index < -0.39 is 0 Å². The third-order valence-electron chi connectivity index (χ3n) is 5.44. The van der Waals surface area contributed by atoms with Crippen LogP contribution in [0, 0.1) is 19.8 Å². The summed E-state index contributed by atoms with van der Waals surface area (Å²) in [7, 11) is 0. The van der Waals surface area contributed by atoms with Crippen molar-refractivity contribution in [2.24, 2.45) is 5.92 Å². The summed E-state index contributed by atoms with van der Waals surface area (Å²) in [6, 6.07) is 13.4. The molecule has 5 nitrogen and oxygen atoms in total. The number of ether oxygens (including phenoxy) is 1. The first-order chi connectivity index (χ1) is 14.0. The maximum absolute atomic E-state index is 12.7. The van der Waals surface area contributed by atoms with Gasteiger partial charge in [0.05, 0.1) is 12.5 Å². The van der Waals surface area contributed by atoms with Gasteiger partial charge in [-0.25, -0.2) is 0 Å². The average molecular weight is 395 g/mol. The second-order valence-electron chi connectivity index (χ2n) is 7.74. The number of carbonyl (C=O) groups is 2. The third-order valence-corrected chi connectivity index (χ3v) is 5.44. The number of aryl methyl sites for hydroxylation is 2. The summed E-state index contributed by atoms with van der Waals surface area (Å²) < 4.78 is 5.70. The molecule has 1 aliphatic rings. The maximum atomic E-state index is 12.7. The van der Waals surface area contributed by atoms with Crippen molar-refractivity contribution < 1.29 is 14.3 Å². The Kier molecular flexibility index (Phi) is 6.91. The maximum Gasteiger partial charge on any atom is 0.229 e. The minimum atomic E-state index is -0.353. The lowest BCUT2D eigenvalue weighted by molar-refractivity contribution is -0.122. The van der Waals surface area contributed by atoms with Crippen LogP contribution in [0.4, 0.5) is 11.4 Å². The fourth-order valence-corrected chi connectivity index (χ4v) is 3.45. The normalized spacial score (nSPS) is 16.2. The molecule has 0 aliphatic carbocycles. The van der Waals surface area contributed by atoms with Crippen molar-refractivity contribution in [2.75, 3.05) is 23.4 Å². The number of hydrogen-bond donors (Lipinski definition) is 1. The largest absolute Gasteiger partial charge is 0.494 e. The van der Waals surface area contributed by atoms with Gasteiger partial charge >= 0.3 is 0 Å². The van der Waals surface area contributed by atoms with Gasteiger partial charge in [0.1, 0.15) is 5.75 Å². The van der Waals surface area contributed by atoms with Crippen LogP contribution in [-0.2, 0) is 9.59 Å². The van der Waals surface area contributed by atoms with Gasteiger partial charge in [-0.1, -0.05) is 25.8 Å². The van der Waals surface area contributed by atoms with Crippen LogP contribution in [0.25, 0.3) is 0 Å². The smallest absolute Gasteiger partial charge is 0.229 e. The lowest BCUT2D eigenvalue weighted by Gasteiger charge is -2.18. The van der Waals surface area contributed by atoms with Gasteiger partial charge in [0, 0.05) is 24.3 Å². The Bertz CT molecular complexity index is 861. The van der Waals surface area contributed by atoms with E-state index in [9.17, 15) is 9.59 Å². The first-order valence-corrected chi connectivity index (χ1v) is 10.4. The molecule has 154 valence electrons. The summed E-state index contributed by atoms with van der Waals surface area (Å²) in [6.45, 7) is 7.35. The minimum absolute atomic E-state index is 0.00997. The van der Waals surface area contributed by atoms with Crippen molar-refractivity contribution in [2.45, 2.75) is 46.5 Å². The molecule has 0 saturated carbocycles. The highest BCUT2D eigenvalue weighted by atomic mass is 16.5. The zero-order chi connectivity index (χ0) is 20.8. The molecule has 3 rings (SSSR count). The van der Waals surface area contributed by atoms with Crippen LogP contribution >= 0.6 is 0 Å². The summed E-state index contributed by atoms with van der Waals surface area (Å²) in [6.07, 6.45) is 3.60. The molecule has 1 saturated heterocycles. The number of nitrogens with zero attached hydrogens (tertiary/aromatic N) is 1. The number of hydrogen-bond acceptors (Lipinski definition) is 3. The van der Waals surface area contributed by atoms with Gasteiger partial charge in [-0.05, 0) is 67.8 Å². The van der Waals surface area contributed by atoms with E-state index in [2.05, 4.69) is 12.2 Å². The van der Waals surface area contributed by atoms with Crippen molar-refractivity contribution in [1.82, 2.24) is 0 Å². The van der Waals surface area contributed by atoms with E-state index in [1.54, 1.807) is 4.90 Å². The Labute approximate surface area is 173 Å². The van der Waals surface area contributed by atoms with Crippen LogP contribution in [0.3, 0.4) is 0 Å². The van der Waals surface area contributed by atoms with E-state index in [1.165, 1.54) is 12.0 Å². The Morgan fingerprint density at radius 1 is 1.10 bits per heavy atom. The molecule has 2 aromatic carbocycles. The van der Waals surface area contributed by atoms with Gasteiger partial charge < -0.3 is 15.0 Å².